The van der Waals surface area contributed by atoms with E-state index in [0.717, 1.165) is 42.6 Å². The van der Waals surface area contributed by atoms with Crippen LogP contribution in [0.25, 0.3) is 22.4 Å². The number of furan rings is 1. The van der Waals surface area contributed by atoms with Crippen LogP contribution in [0.3, 0.4) is 0 Å². The molecule has 1 aliphatic rings. The van der Waals surface area contributed by atoms with Crippen molar-refractivity contribution in [2.24, 2.45) is 0 Å². The molecule has 3 N–H and O–H groups in total. The number of hydrogen-bond acceptors (Lipinski definition) is 9. The largest absolute Gasteiger partial charge is 0.502 e. The van der Waals surface area contributed by atoms with Gasteiger partial charge in [-0.3, -0.25) is 14.4 Å². The molecule has 0 spiro atoms. The molecular formula is C32H30N4O7. The predicted molar refractivity (Wildman–Crippen MR) is 159 cm³/mol. The molecule has 220 valence electrons. The third-order valence-corrected chi connectivity index (χ3v) is 8.01. The molecule has 0 radical (unpaired) electrons. The van der Waals surface area contributed by atoms with E-state index < -0.39 is 34.5 Å². The van der Waals surface area contributed by atoms with Crippen molar-refractivity contribution in [2.45, 2.75) is 50.6 Å². The Kier molecular flexibility index (Phi) is 7.54. The van der Waals surface area contributed by atoms with Gasteiger partial charge >= 0.3 is 5.97 Å². The summed E-state index contributed by atoms with van der Waals surface area (Å²) in [6.45, 7) is 0. The first kappa shape index (κ1) is 28.0. The number of carbonyl (C=O) groups excluding carboxylic acids is 2. The van der Waals surface area contributed by atoms with Crippen molar-refractivity contribution in [3.63, 3.8) is 0 Å². The zero-order valence-electron chi connectivity index (χ0n) is 23.5. The molecule has 0 saturated heterocycles. The van der Waals surface area contributed by atoms with E-state index in [-0.39, 0.29) is 12.1 Å². The number of nitrogens with zero attached hydrogens (tertiary/aromatic N) is 2. The lowest BCUT2D eigenvalue weighted by atomic mass is 9.95. The second-order valence-corrected chi connectivity index (χ2v) is 10.8. The lowest BCUT2D eigenvalue weighted by Crippen LogP contribution is -2.43. The minimum absolute atomic E-state index is 0.146. The molecule has 43 heavy (non-hydrogen) atoms. The standard InChI is InChI=1S/C32H30N4O7/c1-42-32(41)24(15-18-7-10-21(11-8-18)33-26-27(37)29(39)28(26)38)35-31(40)19-9-12-25-23(16-19)34-30(20-13-14-43-17-20)36(25)22-5-3-2-4-6-22/h7-14,16-17,22,24,33,37H,2-6,15H2,1H3,(H,35,40)/t24-/m0/s1. The number of esters is 1. The molecule has 1 fully saturated rings. The molecule has 0 unspecified atom stereocenters. The fourth-order valence-corrected chi connectivity index (χ4v) is 5.72. The van der Waals surface area contributed by atoms with Gasteiger partial charge in [-0.05, 0) is 54.8 Å². The number of amides is 1. The topological polar surface area (TPSA) is 153 Å². The number of imidazole rings is 1. The van der Waals surface area contributed by atoms with Gasteiger partial charge in [-0.2, -0.15) is 0 Å². The smallest absolute Gasteiger partial charge is 0.328 e. The van der Waals surface area contributed by atoms with Crippen molar-refractivity contribution in [1.82, 2.24) is 14.9 Å². The second kappa shape index (κ2) is 11.6. The number of aromatic nitrogens is 2. The number of aromatic hydroxyl groups is 1. The van der Waals surface area contributed by atoms with Gasteiger partial charge in [0.2, 0.25) is 0 Å². The van der Waals surface area contributed by atoms with Crippen molar-refractivity contribution >= 4 is 34.3 Å². The third-order valence-electron chi connectivity index (χ3n) is 8.01. The number of nitrogens with one attached hydrogen (secondary N) is 2. The first-order chi connectivity index (χ1) is 20.8. The van der Waals surface area contributed by atoms with Crippen LogP contribution in [0.2, 0.25) is 0 Å². The number of carbonyl (C=O) groups is 2. The summed E-state index contributed by atoms with van der Waals surface area (Å²) in [4.78, 5) is 53.7. The van der Waals surface area contributed by atoms with Crippen molar-refractivity contribution < 1.29 is 23.8 Å². The number of benzene rings is 2. The highest BCUT2D eigenvalue weighted by atomic mass is 16.5. The molecular weight excluding hydrogens is 552 g/mol. The normalized spacial score (nSPS) is 14.5. The Bertz CT molecular complexity index is 1860. The van der Waals surface area contributed by atoms with Gasteiger partial charge in [0.05, 0.1) is 30.0 Å². The summed E-state index contributed by atoms with van der Waals surface area (Å²) < 4.78 is 12.6. The number of methoxy groups -OCH3 is 1. The zero-order chi connectivity index (χ0) is 30.1. The van der Waals surface area contributed by atoms with E-state index in [1.807, 2.05) is 12.1 Å². The maximum Gasteiger partial charge on any atom is 0.328 e. The predicted octanol–water partition coefficient (Wildman–Crippen LogP) is 4.36. The highest BCUT2D eigenvalue weighted by Crippen LogP contribution is 2.36. The summed E-state index contributed by atoms with van der Waals surface area (Å²) in [6.07, 6.45) is 9.11. The number of ether oxygens (including phenoxy) is 1. The van der Waals surface area contributed by atoms with E-state index >= 15 is 0 Å². The quantitative estimate of drug-likeness (QED) is 0.170. The Morgan fingerprint density at radius 2 is 1.84 bits per heavy atom. The summed E-state index contributed by atoms with van der Waals surface area (Å²) in [5, 5.41) is 15.1. The minimum atomic E-state index is -0.967. The van der Waals surface area contributed by atoms with E-state index in [1.165, 1.54) is 13.5 Å². The molecule has 11 nitrogen and oxygen atoms in total. The van der Waals surface area contributed by atoms with Crippen LogP contribution in [0.15, 0.2) is 75.1 Å². The number of hydrogen-bond donors (Lipinski definition) is 3. The average molecular weight is 583 g/mol. The maximum atomic E-state index is 13.4. The molecule has 1 atom stereocenters. The lowest BCUT2D eigenvalue weighted by molar-refractivity contribution is -0.142. The van der Waals surface area contributed by atoms with Gasteiger partial charge in [-0.15, -0.1) is 0 Å². The van der Waals surface area contributed by atoms with Crippen molar-refractivity contribution in [3.05, 3.63) is 92.6 Å². The first-order valence-corrected chi connectivity index (χ1v) is 14.2. The molecule has 6 rings (SSSR count). The molecule has 0 aliphatic heterocycles. The van der Waals surface area contributed by atoms with Crippen LogP contribution < -0.4 is 21.5 Å². The van der Waals surface area contributed by atoms with E-state index in [1.54, 1.807) is 48.9 Å². The summed E-state index contributed by atoms with van der Waals surface area (Å²) in [7, 11) is 1.26. The molecule has 1 amide bonds. The van der Waals surface area contributed by atoms with Crippen LogP contribution in [-0.4, -0.2) is 39.7 Å². The van der Waals surface area contributed by atoms with Gasteiger partial charge < -0.3 is 29.5 Å². The molecule has 3 aromatic carbocycles. The van der Waals surface area contributed by atoms with Gasteiger partial charge in [-0.25, -0.2) is 9.78 Å². The van der Waals surface area contributed by atoms with Crippen LogP contribution >= 0.6 is 0 Å². The maximum absolute atomic E-state index is 13.4. The Hall–Kier alpha value is -5.19. The fourth-order valence-electron chi connectivity index (χ4n) is 5.72. The van der Waals surface area contributed by atoms with Crippen molar-refractivity contribution in [3.8, 4) is 17.1 Å². The summed E-state index contributed by atoms with van der Waals surface area (Å²) >= 11 is 0. The molecule has 5 aromatic rings. The second-order valence-electron chi connectivity index (χ2n) is 10.8. The number of anilines is 2. The summed E-state index contributed by atoms with van der Waals surface area (Å²) in [5.41, 5.74) is 2.17. The lowest BCUT2D eigenvalue weighted by Gasteiger charge is -2.25. The highest BCUT2D eigenvalue weighted by molar-refractivity contribution is 5.99. The third kappa shape index (κ3) is 5.41. The Balaban J connectivity index is 1.21. The SMILES string of the molecule is COC(=O)[C@H](Cc1ccc(Nc2c(O)c(=O)c2=O)cc1)NC(=O)c1ccc2c(c1)nc(-c1ccoc1)n2C1CCCCC1. The van der Waals surface area contributed by atoms with Gasteiger partial charge in [0.1, 0.15) is 23.8 Å². The van der Waals surface area contributed by atoms with Gasteiger partial charge in [0.15, 0.2) is 5.75 Å². The van der Waals surface area contributed by atoms with Crippen LogP contribution in [0, 0.1) is 0 Å². The molecule has 1 aliphatic carbocycles. The minimum Gasteiger partial charge on any atom is -0.502 e. The van der Waals surface area contributed by atoms with Gasteiger partial charge in [-0.1, -0.05) is 31.4 Å². The van der Waals surface area contributed by atoms with E-state index in [0.29, 0.717) is 28.4 Å². The van der Waals surface area contributed by atoms with E-state index in [9.17, 15) is 24.3 Å². The van der Waals surface area contributed by atoms with E-state index in [4.69, 9.17) is 14.1 Å². The van der Waals surface area contributed by atoms with Crippen LogP contribution in [0.4, 0.5) is 11.4 Å². The monoisotopic (exact) mass is 582 g/mol. The Morgan fingerprint density at radius 3 is 2.51 bits per heavy atom. The van der Waals surface area contributed by atoms with E-state index in [2.05, 4.69) is 15.2 Å². The molecule has 1 saturated carbocycles. The first-order valence-electron chi connectivity index (χ1n) is 14.2. The van der Waals surface area contributed by atoms with Gasteiger partial charge in [0.25, 0.3) is 16.8 Å². The molecule has 2 heterocycles. The van der Waals surface area contributed by atoms with Crippen molar-refractivity contribution in [2.75, 3.05) is 12.4 Å². The van der Waals surface area contributed by atoms with Crippen LogP contribution in [0.5, 0.6) is 5.75 Å². The van der Waals surface area contributed by atoms with Crippen LogP contribution in [-0.2, 0) is 16.0 Å². The summed E-state index contributed by atoms with van der Waals surface area (Å²) in [5.74, 6) is -0.838. The average Bonchev–Trinajstić information content (AvgIpc) is 3.71. The van der Waals surface area contributed by atoms with Crippen LogP contribution in [0.1, 0.15) is 54.1 Å². The van der Waals surface area contributed by atoms with Crippen molar-refractivity contribution in [1.29, 1.82) is 0 Å². The van der Waals surface area contributed by atoms with Gasteiger partial charge in [0, 0.05) is 23.7 Å². The molecule has 0 bridgehead atoms. The Labute approximate surface area is 245 Å². The number of fused-ring (bicyclic) bond motifs is 1. The zero-order valence-corrected chi connectivity index (χ0v) is 23.5. The summed E-state index contributed by atoms with van der Waals surface area (Å²) in [6, 6.07) is 13.3. The molecule has 2 aromatic heterocycles. The Morgan fingerprint density at radius 1 is 1.07 bits per heavy atom. The number of rotatable bonds is 9. The fraction of sp³-hybridized carbons (Fsp3) is 0.281. The molecule has 11 heteroatoms. The highest BCUT2D eigenvalue weighted by Gasteiger charge is 2.26.